The number of nitrogens with zero attached hydrogens (tertiary/aromatic N) is 2. The Balaban J connectivity index is 1.81. The zero-order valence-corrected chi connectivity index (χ0v) is 11.4. The lowest BCUT2D eigenvalue weighted by molar-refractivity contribution is -0.394. The largest absolute Gasteiger partial charge is 0.453 e. The van der Waals surface area contributed by atoms with Crippen LogP contribution in [0.1, 0.15) is 23.2 Å². The van der Waals surface area contributed by atoms with E-state index >= 15 is 0 Å². The molecule has 0 saturated carbocycles. The molecule has 2 bridgehead atoms. The number of nitro benzene ring substituents is 2. The molecule has 1 aromatic rings. The molecule has 0 unspecified atom stereocenters. The highest BCUT2D eigenvalue weighted by Gasteiger charge is 2.42. The van der Waals surface area contributed by atoms with Gasteiger partial charge in [-0.2, -0.15) is 4.89 Å². The van der Waals surface area contributed by atoms with Crippen LogP contribution in [0.3, 0.4) is 0 Å². The fraction of sp³-hybridized carbons (Fsp3) is 0.417. The van der Waals surface area contributed by atoms with Crippen molar-refractivity contribution in [1.29, 1.82) is 0 Å². The molecule has 0 aromatic heterocycles. The Labute approximate surface area is 127 Å². The van der Waals surface area contributed by atoms with E-state index in [1.165, 1.54) is 0 Å². The first-order valence-electron chi connectivity index (χ1n) is 6.56. The third-order valence-electron chi connectivity index (χ3n) is 3.35. The van der Waals surface area contributed by atoms with Gasteiger partial charge < -0.3 is 9.47 Å². The van der Waals surface area contributed by atoms with E-state index < -0.39 is 45.9 Å². The number of benzene rings is 1. The molecule has 2 saturated heterocycles. The van der Waals surface area contributed by atoms with Crippen LogP contribution in [-0.4, -0.2) is 34.5 Å². The van der Waals surface area contributed by atoms with Crippen LogP contribution in [0.2, 0.25) is 0 Å². The van der Waals surface area contributed by atoms with Gasteiger partial charge in [0.05, 0.1) is 21.5 Å². The Kier molecular flexibility index (Phi) is 3.90. The van der Waals surface area contributed by atoms with E-state index in [1.807, 2.05) is 0 Å². The summed E-state index contributed by atoms with van der Waals surface area (Å²) in [4.78, 5) is 41.7. The maximum Gasteiger partial charge on any atom is 0.339 e. The highest BCUT2D eigenvalue weighted by atomic mass is 17.3. The van der Waals surface area contributed by atoms with E-state index in [9.17, 15) is 25.0 Å². The molecule has 3 atom stereocenters. The summed E-state index contributed by atoms with van der Waals surface area (Å²) in [5, 5.41) is 21.6. The van der Waals surface area contributed by atoms with E-state index in [1.54, 1.807) is 0 Å². The molecule has 1 aromatic carbocycles. The maximum absolute atomic E-state index is 12.1. The predicted octanol–water partition coefficient (Wildman–Crippen LogP) is 1.45. The number of ether oxygens (including phenoxy) is 2. The van der Waals surface area contributed by atoms with Crippen molar-refractivity contribution in [3.8, 4) is 0 Å². The molecule has 2 heterocycles. The van der Waals surface area contributed by atoms with Gasteiger partial charge in [-0.15, -0.1) is 0 Å². The normalized spacial score (nSPS) is 25.8. The summed E-state index contributed by atoms with van der Waals surface area (Å²) in [6, 6.07) is 2.58. The highest BCUT2D eigenvalue weighted by Crippen LogP contribution is 2.31. The third kappa shape index (κ3) is 3.11. The molecule has 0 aliphatic carbocycles. The van der Waals surface area contributed by atoms with E-state index in [0.29, 0.717) is 12.8 Å². The lowest BCUT2D eigenvalue weighted by Crippen LogP contribution is -2.36. The molecule has 2 aliphatic heterocycles. The number of carbonyl (C=O) groups is 1. The molecule has 11 nitrogen and oxygen atoms in total. The van der Waals surface area contributed by atoms with Crippen LogP contribution in [0.15, 0.2) is 18.2 Å². The van der Waals surface area contributed by atoms with Gasteiger partial charge in [0.25, 0.3) is 11.4 Å². The molecule has 2 aliphatic rings. The van der Waals surface area contributed by atoms with Crippen molar-refractivity contribution in [2.75, 3.05) is 0 Å². The Morgan fingerprint density at radius 3 is 2.35 bits per heavy atom. The molecule has 122 valence electrons. The summed E-state index contributed by atoms with van der Waals surface area (Å²) in [6.07, 6.45) is -1.29. The average Bonchev–Trinajstić information content (AvgIpc) is 2.92. The van der Waals surface area contributed by atoms with Crippen LogP contribution in [0.25, 0.3) is 0 Å². The summed E-state index contributed by atoms with van der Waals surface area (Å²) < 4.78 is 10.4. The minimum Gasteiger partial charge on any atom is -0.453 e. The van der Waals surface area contributed by atoms with Crippen LogP contribution < -0.4 is 0 Å². The molecule has 0 N–H and O–H groups in total. The van der Waals surface area contributed by atoms with Crippen molar-refractivity contribution in [3.05, 3.63) is 44.0 Å². The van der Waals surface area contributed by atoms with Crippen LogP contribution in [-0.2, 0) is 19.2 Å². The Morgan fingerprint density at radius 1 is 1.09 bits per heavy atom. The molecule has 23 heavy (non-hydrogen) atoms. The van der Waals surface area contributed by atoms with Gasteiger partial charge in [-0.25, -0.2) is 9.68 Å². The summed E-state index contributed by atoms with van der Waals surface area (Å²) in [6.45, 7) is 0. The number of nitro groups is 2. The smallest absolute Gasteiger partial charge is 0.339 e. The van der Waals surface area contributed by atoms with Gasteiger partial charge in [0.15, 0.2) is 12.4 Å². The standard InChI is InChI=1S/C12H10N2O9/c15-11(20-9-1-2-10-21-12(9)23-22-10)6-3-7(13(16)17)5-8(4-6)14(18)19/h3-5,9-10,12H,1-2H2/t9-,10+,12-/m0/s1. The van der Waals surface area contributed by atoms with Gasteiger partial charge in [0.1, 0.15) is 0 Å². The minimum absolute atomic E-state index is 0.299. The number of rotatable bonds is 4. The van der Waals surface area contributed by atoms with E-state index in [4.69, 9.17) is 19.2 Å². The van der Waals surface area contributed by atoms with Crippen molar-refractivity contribution in [2.24, 2.45) is 0 Å². The molecule has 0 radical (unpaired) electrons. The summed E-state index contributed by atoms with van der Waals surface area (Å²) >= 11 is 0. The van der Waals surface area contributed by atoms with E-state index in [0.717, 1.165) is 18.2 Å². The summed E-state index contributed by atoms with van der Waals surface area (Å²) in [5.41, 5.74) is -1.45. The first-order valence-corrected chi connectivity index (χ1v) is 6.56. The molecule has 0 spiro atoms. The zero-order chi connectivity index (χ0) is 16.6. The topological polar surface area (TPSA) is 140 Å². The number of hydrogen-bond donors (Lipinski definition) is 0. The van der Waals surface area contributed by atoms with Crippen LogP contribution in [0.4, 0.5) is 11.4 Å². The number of carbonyl (C=O) groups excluding carboxylic acids is 1. The Bertz CT molecular complexity index is 644. The molecule has 0 amide bonds. The molecular formula is C12H10N2O9. The van der Waals surface area contributed by atoms with Gasteiger partial charge in [0.2, 0.25) is 6.29 Å². The summed E-state index contributed by atoms with van der Waals surface area (Å²) in [5.74, 6) is -0.945. The van der Waals surface area contributed by atoms with Crippen molar-refractivity contribution in [3.63, 3.8) is 0 Å². The monoisotopic (exact) mass is 326 g/mol. The van der Waals surface area contributed by atoms with Crippen LogP contribution in [0.5, 0.6) is 0 Å². The lowest BCUT2D eigenvalue weighted by Gasteiger charge is -2.24. The van der Waals surface area contributed by atoms with Gasteiger partial charge in [-0.05, 0) is 6.42 Å². The fourth-order valence-corrected chi connectivity index (χ4v) is 2.26. The molecule has 3 rings (SSSR count). The molecule has 2 fully saturated rings. The van der Waals surface area contributed by atoms with Crippen molar-refractivity contribution < 1.29 is 33.9 Å². The molecule has 11 heteroatoms. The second kappa shape index (κ2) is 5.87. The first kappa shape index (κ1) is 15.3. The molecular weight excluding hydrogens is 316 g/mol. The fourth-order valence-electron chi connectivity index (χ4n) is 2.26. The van der Waals surface area contributed by atoms with Crippen LogP contribution >= 0.6 is 0 Å². The third-order valence-corrected chi connectivity index (χ3v) is 3.35. The van der Waals surface area contributed by atoms with Gasteiger partial charge in [-0.3, -0.25) is 20.2 Å². The van der Waals surface area contributed by atoms with Gasteiger partial charge >= 0.3 is 5.97 Å². The number of fused-ring (bicyclic) bond motifs is 2. The van der Waals surface area contributed by atoms with Gasteiger partial charge in [-0.1, -0.05) is 0 Å². The number of non-ortho nitro benzene ring substituents is 2. The SMILES string of the molecule is O=C(O[C@H]1CC[C@H]2OO[C@@H]1O2)c1cc([N+](=O)[O-])cc([N+](=O)[O-])c1. The first-order chi connectivity index (χ1) is 10.9. The lowest BCUT2D eigenvalue weighted by atomic mass is 10.1. The van der Waals surface area contributed by atoms with Crippen molar-refractivity contribution >= 4 is 17.3 Å². The number of hydrogen-bond acceptors (Lipinski definition) is 9. The minimum atomic E-state index is -0.945. The Morgan fingerprint density at radius 2 is 1.74 bits per heavy atom. The van der Waals surface area contributed by atoms with Crippen molar-refractivity contribution in [2.45, 2.75) is 31.5 Å². The quantitative estimate of drug-likeness (QED) is 0.348. The summed E-state index contributed by atoms with van der Waals surface area (Å²) in [7, 11) is 0. The average molecular weight is 326 g/mol. The maximum atomic E-state index is 12.1. The van der Waals surface area contributed by atoms with Crippen LogP contribution in [0, 0.1) is 20.2 Å². The second-order valence-corrected chi connectivity index (χ2v) is 4.90. The van der Waals surface area contributed by atoms with Gasteiger partial charge in [0, 0.05) is 18.6 Å². The van der Waals surface area contributed by atoms with E-state index in [2.05, 4.69) is 0 Å². The zero-order valence-electron chi connectivity index (χ0n) is 11.4. The highest BCUT2D eigenvalue weighted by molar-refractivity contribution is 5.91. The van der Waals surface area contributed by atoms with E-state index in [-0.39, 0.29) is 5.56 Å². The predicted molar refractivity (Wildman–Crippen MR) is 69.0 cm³/mol. The van der Waals surface area contributed by atoms with Crippen molar-refractivity contribution in [1.82, 2.24) is 0 Å². The Hall–Kier alpha value is -2.63. The second-order valence-electron chi connectivity index (χ2n) is 4.90. The number of esters is 1.